The summed E-state index contributed by atoms with van der Waals surface area (Å²) in [6.07, 6.45) is 6.47. The minimum absolute atomic E-state index is 0.0902. The summed E-state index contributed by atoms with van der Waals surface area (Å²) < 4.78 is 19.5. The number of anilines is 1. The number of benzene rings is 2. The van der Waals surface area contributed by atoms with Gasteiger partial charge in [-0.25, -0.2) is 9.37 Å². The molecule has 4 nitrogen and oxygen atoms in total. The summed E-state index contributed by atoms with van der Waals surface area (Å²) in [6.45, 7) is -0.0902. The Morgan fingerprint density at radius 1 is 1.15 bits per heavy atom. The summed E-state index contributed by atoms with van der Waals surface area (Å²) >= 11 is 1.24. The van der Waals surface area contributed by atoms with Crippen LogP contribution in [0.15, 0.2) is 42.5 Å². The molecule has 2 aromatic carbocycles. The molecule has 0 aliphatic heterocycles. The highest BCUT2D eigenvalue weighted by atomic mass is 32.1. The van der Waals surface area contributed by atoms with E-state index in [1.807, 2.05) is 12.1 Å². The average molecular weight is 384 g/mol. The second-order valence-corrected chi connectivity index (χ2v) is 7.90. The Bertz CT molecular complexity index is 933. The molecule has 0 unspecified atom stereocenters. The smallest absolute Gasteiger partial charge is 0.264 e. The van der Waals surface area contributed by atoms with Crippen LogP contribution in [-0.2, 0) is 4.79 Å². The number of carbonyl (C=O) groups is 1. The van der Waals surface area contributed by atoms with E-state index in [1.165, 1.54) is 61.1 Å². The summed E-state index contributed by atoms with van der Waals surface area (Å²) in [5.74, 6) is 0.728. The number of rotatable bonds is 5. The van der Waals surface area contributed by atoms with Crippen molar-refractivity contribution >= 4 is 32.6 Å². The number of hydrogen-bond acceptors (Lipinski definition) is 4. The van der Waals surface area contributed by atoms with Gasteiger partial charge in [0.05, 0.1) is 10.2 Å². The maximum absolute atomic E-state index is 13.2. The number of carbonyl (C=O) groups excluding carboxylic acids is 1. The molecule has 1 aliphatic rings. The number of halogens is 1. The van der Waals surface area contributed by atoms with Gasteiger partial charge in [0.25, 0.3) is 5.91 Å². The maximum Gasteiger partial charge on any atom is 0.264 e. The van der Waals surface area contributed by atoms with Crippen LogP contribution in [-0.4, -0.2) is 17.5 Å². The van der Waals surface area contributed by atoms with Crippen LogP contribution in [0.5, 0.6) is 5.75 Å². The Kier molecular flexibility index (Phi) is 5.34. The summed E-state index contributed by atoms with van der Waals surface area (Å²) in [4.78, 5) is 16.4. The van der Waals surface area contributed by atoms with Crippen molar-refractivity contribution < 1.29 is 13.9 Å². The molecule has 4 rings (SSSR count). The lowest BCUT2D eigenvalue weighted by atomic mass is 9.84. The molecule has 1 aromatic heterocycles. The third-order valence-electron chi connectivity index (χ3n) is 4.92. The van der Waals surface area contributed by atoms with Crippen molar-refractivity contribution in [3.8, 4) is 5.75 Å². The molecular formula is C21H21FN2O2S. The van der Waals surface area contributed by atoms with E-state index >= 15 is 0 Å². The van der Waals surface area contributed by atoms with E-state index in [9.17, 15) is 9.18 Å². The molecule has 0 bridgehead atoms. The van der Waals surface area contributed by atoms with Crippen molar-refractivity contribution in [3.63, 3.8) is 0 Å². The van der Waals surface area contributed by atoms with E-state index in [1.54, 1.807) is 6.07 Å². The van der Waals surface area contributed by atoms with Gasteiger partial charge in [0.2, 0.25) is 0 Å². The number of fused-ring (bicyclic) bond motifs is 1. The molecule has 3 aromatic rings. The zero-order chi connectivity index (χ0) is 18.6. The lowest BCUT2D eigenvalue weighted by molar-refractivity contribution is -0.118. The molecule has 1 heterocycles. The molecular weight excluding hydrogens is 363 g/mol. The zero-order valence-electron chi connectivity index (χ0n) is 14.9. The normalized spacial score (nSPS) is 15.0. The monoisotopic (exact) mass is 384 g/mol. The van der Waals surface area contributed by atoms with Crippen LogP contribution < -0.4 is 10.1 Å². The van der Waals surface area contributed by atoms with Gasteiger partial charge in [-0.1, -0.05) is 42.7 Å². The van der Waals surface area contributed by atoms with Crippen molar-refractivity contribution in [2.75, 3.05) is 11.9 Å². The molecule has 1 aliphatic carbocycles. The first-order valence-electron chi connectivity index (χ1n) is 9.26. The number of aromatic nitrogens is 1. The number of hydrogen-bond donors (Lipinski definition) is 1. The zero-order valence-corrected chi connectivity index (χ0v) is 15.7. The van der Waals surface area contributed by atoms with Gasteiger partial charge in [0.15, 0.2) is 11.7 Å². The number of nitrogens with one attached hydrogen (secondary N) is 1. The highest BCUT2D eigenvalue weighted by molar-refractivity contribution is 7.22. The maximum atomic E-state index is 13.2. The van der Waals surface area contributed by atoms with E-state index in [0.717, 1.165) is 0 Å². The van der Waals surface area contributed by atoms with Crippen LogP contribution >= 0.6 is 11.3 Å². The SMILES string of the molecule is O=C(COc1ccc(C2CCCCC2)cc1)Nc1nc2ccc(F)cc2s1. The number of thiazole rings is 1. The fourth-order valence-corrected chi connectivity index (χ4v) is 4.44. The van der Waals surface area contributed by atoms with E-state index in [2.05, 4.69) is 22.4 Å². The van der Waals surface area contributed by atoms with Gasteiger partial charge in [-0.05, 0) is 54.7 Å². The molecule has 0 radical (unpaired) electrons. The predicted octanol–water partition coefficient (Wildman–Crippen LogP) is 5.50. The molecule has 1 fully saturated rings. The first-order valence-corrected chi connectivity index (χ1v) is 10.1. The van der Waals surface area contributed by atoms with Crippen molar-refractivity contribution in [1.29, 1.82) is 0 Å². The minimum Gasteiger partial charge on any atom is -0.484 e. The largest absolute Gasteiger partial charge is 0.484 e. The van der Waals surface area contributed by atoms with Gasteiger partial charge in [-0.3, -0.25) is 10.1 Å². The lowest BCUT2D eigenvalue weighted by Crippen LogP contribution is -2.20. The summed E-state index contributed by atoms with van der Waals surface area (Å²) in [5.41, 5.74) is 2.02. The second kappa shape index (κ2) is 8.05. The fourth-order valence-electron chi connectivity index (χ4n) is 3.53. The van der Waals surface area contributed by atoms with Crippen LogP contribution in [0, 0.1) is 5.82 Å². The van der Waals surface area contributed by atoms with Crippen molar-refractivity contribution in [2.45, 2.75) is 38.0 Å². The molecule has 0 spiro atoms. The highest BCUT2D eigenvalue weighted by Gasteiger charge is 2.15. The molecule has 1 amide bonds. The highest BCUT2D eigenvalue weighted by Crippen LogP contribution is 2.33. The molecule has 140 valence electrons. The first kappa shape index (κ1) is 17.9. The van der Waals surface area contributed by atoms with Crippen LogP contribution in [0.4, 0.5) is 9.52 Å². The van der Waals surface area contributed by atoms with Gasteiger partial charge in [-0.2, -0.15) is 0 Å². The molecule has 0 atom stereocenters. The van der Waals surface area contributed by atoms with E-state index in [-0.39, 0.29) is 18.3 Å². The topological polar surface area (TPSA) is 51.2 Å². The van der Waals surface area contributed by atoms with Gasteiger partial charge in [0.1, 0.15) is 11.6 Å². The third-order valence-corrected chi connectivity index (χ3v) is 5.86. The van der Waals surface area contributed by atoms with Gasteiger partial charge in [0, 0.05) is 0 Å². The number of nitrogens with zero attached hydrogens (tertiary/aromatic N) is 1. The minimum atomic E-state index is -0.316. The molecule has 1 N–H and O–H groups in total. The fraction of sp³-hybridized carbons (Fsp3) is 0.333. The van der Waals surface area contributed by atoms with E-state index < -0.39 is 0 Å². The molecule has 1 saturated carbocycles. The summed E-state index contributed by atoms with van der Waals surface area (Å²) in [6, 6.07) is 12.4. The van der Waals surface area contributed by atoms with Gasteiger partial charge >= 0.3 is 0 Å². The Morgan fingerprint density at radius 2 is 1.93 bits per heavy atom. The Labute approximate surface area is 161 Å². The number of amides is 1. The lowest BCUT2D eigenvalue weighted by Gasteiger charge is -2.22. The second-order valence-electron chi connectivity index (χ2n) is 6.87. The Hall–Kier alpha value is -2.47. The van der Waals surface area contributed by atoms with Crippen LogP contribution in [0.3, 0.4) is 0 Å². The van der Waals surface area contributed by atoms with E-state index in [4.69, 9.17) is 4.74 Å². The van der Waals surface area contributed by atoms with Crippen LogP contribution in [0.1, 0.15) is 43.6 Å². The Morgan fingerprint density at radius 3 is 2.70 bits per heavy atom. The Balaban J connectivity index is 1.31. The van der Waals surface area contributed by atoms with Crippen molar-refractivity contribution in [2.24, 2.45) is 0 Å². The quantitative estimate of drug-likeness (QED) is 0.632. The summed E-state index contributed by atoms with van der Waals surface area (Å²) in [7, 11) is 0. The number of ether oxygens (including phenoxy) is 1. The van der Waals surface area contributed by atoms with Gasteiger partial charge in [-0.15, -0.1) is 0 Å². The van der Waals surface area contributed by atoms with Crippen LogP contribution in [0.2, 0.25) is 0 Å². The predicted molar refractivity (Wildman–Crippen MR) is 106 cm³/mol. The first-order chi connectivity index (χ1) is 13.2. The van der Waals surface area contributed by atoms with Crippen LogP contribution in [0.25, 0.3) is 10.2 Å². The standard InChI is InChI=1S/C21H21FN2O2S/c22-16-8-11-18-19(12-16)27-21(23-18)24-20(25)13-26-17-9-6-15(7-10-17)14-4-2-1-3-5-14/h6-12,14H,1-5,13H2,(H,23,24,25). The third kappa shape index (κ3) is 4.45. The molecule has 27 heavy (non-hydrogen) atoms. The molecule has 6 heteroatoms. The van der Waals surface area contributed by atoms with Crippen molar-refractivity contribution in [1.82, 2.24) is 4.98 Å². The van der Waals surface area contributed by atoms with Crippen molar-refractivity contribution in [3.05, 3.63) is 53.8 Å². The van der Waals surface area contributed by atoms with E-state index in [0.29, 0.717) is 27.0 Å². The molecule has 0 saturated heterocycles. The van der Waals surface area contributed by atoms with Gasteiger partial charge < -0.3 is 4.74 Å². The summed E-state index contributed by atoms with van der Waals surface area (Å²) in [5, 5.41) is 3.15. The average Bonchev–Trinajstić information content (AvgIpc) is 3.08.